The molecule has 0 saturated carbocycles. The highest BCUT2D eigenvalue weighted by molar-refractivity contribution is 5.63. The lowest BCUT2D eigenvalue weighted by atomic mass is 9.95. The van der Waals surface area contributed by atoms with Crippen molar-refractivity contribution in [1.82, 2.24) is 29.8 Å². The number of fused-ring (bicyclic) bond motifs is 1. The first-order valence-electron chi connectivity index (χ1n) is 10.9. The Bertz CT molecular complexity index is 1320. The molecule has 1 atom stereocenters. The van der Waals surface area contributed by atoms with E-state index in [4.69, 9.17) is 9.47 Å². The molecule has 0 unspecified atom stereocenters. The normalized spacial score (nSPS) is 16.4. The maximum atomic E-state index is 14.2. The molecule has 0 spiro atoms. The number of nitrogens with one attached hydrogen (secondary N) is 1. The van der Waals surface area contributed by atoms with E-state index in [2.05, 4.69) is 30.6 Å². The monoisotopic (exact) mass is 465 g/mol. The Kier molecular flexibility index (Phi) is 5.80. The molecule has 1 saturated heterocycles. The van der Waals surface area contributed by atoms with Gasteiger partial charge in [-0.3, -0.25) is 0 Å². The van der Waals surface area contributed by atoms with Crippen molar-refractivity contribution in [1.29, 1.82) is 0 Å². The second-order valence-electron chi connectivity index (χ2n) is 8.26. The van der Waals surface area contributed by atoms with Crippen molar-refractivity contribution in [2.45, 2.75) is 31.4 Å². The number of hydrogen-bond acceptors (Lipinski definition) is 9. The van der Waals surface area contributed by atoms with E-state index in [0.717, 1.165) is 31.6 Å². The van der Waals surface area contributed by atoms with Crippen molar-refractivity contribution in [3.63, 3.8) is 0 Å². The molecule has 176 valence electrons. The Morgan fingerprint density at radius 2 is 2.03 bits per heavy atom. The molecule has 3 aromatic heterocycles. The molecule has 1 aromatic carbocycles. The summed E-state index contributed by atoms with van der Waals surface area (Å²) < 4.78 is 26.0. The first-order chi connectivity index (χ1) is 16.5. The molecule has 1 aliphatic heterocycles. The Hall–Kier alpha value is -3.70. The van der Waals surface area contributed by atoms with Crippen LogP contribution in [-0.4, -0.2) is 61.3 Å². The van der Waals surface area contributed by atoms with Gasteiger partial charge in [0.15, 0.2) is 23.0 Å². The van der Waals surface area contributed by atoms with Gasteiger partial charge in [-0.15, -0.1) is 10.2 Å². The molecule has 0 radical (unpaired) electrons. The topological polar surface area (TPSA) is 120 Å². The highest BCUT2D eigenvalue weighted by Gasteiger charge is 2.33. The molecule has 34 heavy (non-hydrogen) atoms. The summed E-state index contributed by atoms with van der Waals surface area (Å²) in [5.41, 5.74) is 0.466. The number of aliphatic hydroxyl groups is 1. The minimum absolute atomic E-state index is 0.0870. The molecule has 11 heteroatoms. The van der Waals surface area contributed by atoms with Gasteiger partial charge in [0.05, 0.1) is 19.0 Å². The third kappa shape index (κ3) is 4.15. The Morgan fingerprint density at radius 1 is 1.21 bits per heavy atom. The molecule has 0 amide bonds. The van der Waals surface area contributed by atoms with E-state index in [1.807, 2.05) is 0 Å². The van der Waals surface area contributed by atoms with E-state index in [9.17, 15) is 9.50 Å². The minimum Gasteiger partial charge on any atom is -0.494 e. The summed E-state index contributed by atoms with van der Waals surface area (Å²) in [6.07, 6.45) is 5.11. The molecule has 0 bridgehead atoms. The highest BCUT2D eigenvalue weighted by atomic mass is 19.1. The van der Waals surface area contributed by atoms with E-state index < -0.39 is 11.4 Å². The van der Waals surface area contributed by atoms with Crippen molar-refractivity contribution < 1.29 is 19.0 Å². The summed E-state index contributed by atoms with van der Waals surface area (Å²) in [5, 5.41) is 27.3. The number of anilines is 1. The quantitative estimate of drug-likeness (QED) is 0.443. The van der Waals surface area contributed by atoms with Gasteiger partial charge in [-0.1, -0.05) is 6.07 Å². The van der Waals surface area contributed by atoms with Crippen LogP contribution in [0.4, 0.5) is 10.3 Å². The van der Waals surface area contributed by atoms with E-state index in [1.54, 1.807) is 30.6 Å². The zero-order chi connectivity index (χ0) is 23.7. The average molecular weight is 465 g/mol. The fraction of sp³-hybridized carbons (Fsp3) is 0.348. The SMILES string of the molecule is COc1ccc([C@@](C)(O)c2nnc3cc(-c4ccnc(NC5CCOCC5)n4)cnn23)cc1F. The smallest absolute Gasteiger partial charge is 0.223 e. The lowest BCUT2D eigenvalue weighted by molar-refractivity contribution is 0.0893. The third-order valence-electron chi connectivity index (χ3n) is 5.92. The van der Waals surface area contributed by atoms with Crippen LogP contribution in [0, 0.1) is 5.82 Å². The summed E-state index contributed by atoms with van der Waals surface area (Å²) in [5.74, 6) is 0.196. The number of nitrogens with zero attached hydrogens (tertiary/aromatic N) is 6. The largest absolute Gasteiger partial charge is 0.494 e. The standard InChI is InChI=1S/C23H24FN7O3/c1-23(32,15-3-4-19(33-2)17(24)12-15)21-30-29-20-11-14(13-26-31(20)21)18-5-8-25-22(28-18)27-16-6-9-34-10-7-16/h3-5,8,11-13,16,32H,6-7,9-10H2,1-2H3,(H,25,27,28)/t23-/m1/s1. The van der Waals surface area contributed by atoms with Gasteiger partial charge >= 0.3 is 0 Å². The van der Waals surface area contributed by atoms with Gasteiger partial charge in [0.25, 0.3) is 0 Å². The van der Waals surface area contributed by atoms with Gasteiger partial charge in [-0.05, 0) is 49.6 Å². The van der Waals surface area contributed by atoms with Crippen molar-refractivity contribution in [2.75, 3.05) is 25.6 Å². The third-order valence-corrected chi connectivity index (χ3v) is 5.92. The number of halogens is 1. The molecule has 4 aromatic rings. The lowest BCUT2D eigenvalue weighted by Crippen LogP contribution is -2.28. The summed E-state index contributed by atoms with van der Waals surface area (Å²) in [6.45, 7) is 2.96. The maximum Gasteiger partial charge on any atom is 0.223 e. The number of ether oxygens (including phenoxy) is 2. The molecular weight excluding hydrogens is 441 g/mol. The van der Waals surface area contributed by atoms with Crippen LogP contribution in [-0.2, 0) is 10.3 Å². The van der Waals surface area contributed by atoms with Crippen LogP contribution >= 0.6 is 0 Å². The van der Waals surface area contributed by atoms with Crippen LogP contribution in [0.25, 0.3) is 16.9 Å². The van der Waals surface area contributed by atoms with E-state index in [0.29, 0.717) is 22.9 Å². The van der Waals surface area contributed by atoms with Gasteiger partial charge in [0, 0.05) is 31.0 Å². The molecule has 5 rings (SSSR count). The van der Waals surface area contributed by atoms with Gasteiger partial charge in [0.2, 0.25) is 5.95 Å². The van der Waals surface area contributed by atoms with Gasteiger partial charge in [-0.2, -0.15) is 9.61 Å². The second-order valence-corrected chi connectivity index (χ2v) is 8.26. The number of rotatable bonds is 6. The summed E-state index contributed by atoms with van der Waals surface area (Å²) in [4.78, 5) is 8.93. The Morgan fingerprint density at radius 3 is 2.79 bits per heavy atom. The van der Waals surface area contributed by atoms with Crippen LogP contribution in [0.15, 0.2) is 42.7 Å². The molecular formula is C23H24FN7O3. The van der Waals surface area contributed by atoms with Gasteiger partial charge in [-0.25, -0.2) is 14.4 Å². The number of benzene rings is 1. The van der Waals surface area contributed by atoms with E-state index in [-0.39, 0.29) is 17.6 Å². The molecule has 1 fully saturated rings. The number of hydrogen-bond donors (Lipinski definition) is 2. The Balaban J connectivity index is 1.44. The van der Waals surface area contributed by atoms with Crippen molar-refractivity contribution in [3.8, 4) is 17.0 Å². The fourth-order valence-electron chi connectivity index (χ4n) is 3.95. The first-order valence-corrected chi connectivity index (χ1v) is 10.9. The van der Waals surface area contributed by atoms with Crippen molar-refractivity contribution >= 4 is 11.6 Å². The van der Waals surface area contributed by atoms with Crippen LogP contribution in [0.1, 0.15) is 31.2 Å². The van der Waals surface area contributed by atoms with Crippen LogP contribution in [0.3, 0.4) is 0 Å². The molecule has 0 aliphatic carbocycles. The molecule has 1 aliphatic rings. The van der Waals surface area contributed by atoms with Gasteiger partial charge < -0.3 is 19.9 Å². The van der Waals surface area contributed by atoms with E-state index in [1.165, 1.54) is 30.7 Å². The van der Waals surface area contributed by atoms with Crippen LogP contribution in [0.5, 0.6) is 5.75 Å². The zero-order valence-corrected chi connectivity index (χ0v) is 18.8. The summed E-state index contributed by atoms with van der Waals surface area (Å²) >= 11 is 0. The predicted molar refractivity (Wildman–Crippen MR) is 121 cm³/mol. The van der Waals surface area contributed by atoms with Gasteiger partial charge in [0.1, 0.15) is 5.60 Å². The second kappa shape index (κ2) is 8.92. The minimum atomic E-state index is -1.64. The summed E-state index contributed by atoms with van der Waals surface area (Å²) in [7, 11) is 1.38. The number of aromatic nitrogens is 6. The lowest BCUT2D eigenvalue weighted by Gasteiger charge is -2.23. The molecule has 10 nitrogen and oxygen atoms in total. The fourth-order valence-corrected chi connectivity index (χ4v) is 3.95. The van der Waals surface area contributed by atoms with Crippen LogP contribution in [0.2, 0.25) is 0 Å². The molecule has 2 N–H and O–H groups in total. The average Bonchev–Trinajstić information content (AvgIpc) is 3.29. The Labute approximate surface area is 194 Å². The summed E-state index contributed by atoms with van der Waals surface area (Å²) in [6, 6.07) is 8.07. The predicted octanol–water partition coefficient (Wildman–Crippen LogP) is 2.58. The molecule has 4 heterocycles. The van der Waals surface area contributed by atoms with Crippen molar-refractivity contribution in [2.24, 2.45) is 0 Å². The van der Waals surface area contributed by atoms with Crippen molar-refractivity contribution in [3.05, 3.63) is 59.9 Å². The van der Waals surface area contributed by atoms with Crippen LogP contribution < -0.4 is 10.1 Å². The first kappa shape index (κ1) is 22.1. The zero-order valence-electron chi connectivity index (χ0n) is 18.8. The van der Waals surface area contributed by atoms with E-state index >= 15 is 0 Å². The number of methoxy groups -OCH3 is 1. The maximum absolute atomic E-state index is 14.2. The highest BCUT2D eigenvalue weighted by Crippen LogP contribution is 2.31.